The van der Waals surface area contributed by atoms with E-state index in [4.69, 9.17) is 9.15 Å². The van der Waals surface area contributed by atoms with Gasteiger partial charge >= 0.3 is 5.97 Å². The van der Waals surface area contributed by atoms with Crippen molar-refractivity contribution in [3.05, 3.63) is 24.3 Å². The molecule has 1 N–H and O–H groups in total. The van der Waals surface area contributed by atoms with E-state index in [9.17, 15) is 4.79 Å². The second-order valence-electron chi connectivity index (χ2n) is 4.59. The van der Waals surface area contributed by atoms with E-state index in [1.807, 2.05) is 38.1 Å². The Bertz CT molecular complexity index is 566. The molecule has 0 saturated heterocycles. The number of esters is 1. The second kappa shape index (κ2) is 6.28. The van der Waals surface area contributed by atoms with Crippen LogP contribution >= 0.6 is 11.8 Å². The van der Waals surface area contributed by atoms with E-state index in [1.54, 1.807) is 0 Å². The van der Waals surface area contributed by atoms with E-state index in [-0.39, 0.29) is 5.97 Å². The number of hydrogen-bond acceptors (Lipinski definition) is 6. The monoisotopic (exact) mass is 294 g/mol. The average Bonchev–Trinajstić information content (AvgIpc) is 2.87. The molecule has 0 amide bonds. The standard InChI is InChI=1S/C14H18N2O3S/c1-4-15-14(2,12(17)18-3)9-20-13-16-10-7-5-6-8-11(10)19-13/h5-8,15H,4,9H2,1-3H3. The molecule has 1 atom stereocenters. The average molecular weight is 294 g/mol. The van der Waals surface area contributed by atoms with Gasteiger partial charge < -0.3 is 14.5 Å². The van der Waals surface area contributed by atoms with Crippen LogP contribution in [0.15, 0.2) is 33.9 Å². The van der Waals surface area contributed by atoms with E-state index in [0.717, 1.165) is 11.1 Å². The van der Waals surface area contributed by atoms with Gasteiger partial charge in [-0.05, 0) is 25.6 Å². The topological polar surface area (TPSA) is 64.4 Å². The summed E-state index contributed by atoms with van der Waals surface area (Å²) in [6.07, 6.45) is 0. The number of carbonyl (C=O) groups excluding carboxylic acids is 1. The molecular weight excluding hydrogens is 276 g/mol. The first-order valence-corrected chi connectivity index (χ1v) is 7.39. The van der Waals surface area contributed by atoms with Crippen molar-refractivity contribution >= 4 is 28.8 Å². The molecule has 0 bridgehead atoms. The number of carbonyl (C=O) groups is 1. The smallest absolute Gasteiger partial charge is 0.326 e. The predicted molar refractivity (Wildman–Crippen MR) is 78.8 cm³/mol. The molecule has 0 fully saturated rings. The van der Waals surface area contributed by atoms with Crippen molar-refractivity contribution in [3.8, 4) is 0 Å². The van der Waals surface area contributed by atoms with Crippen LogP contribution in [0.4, 0.5) is 0 Å². The predicted octanol–water partition coefficient (Wildman–Crippen LogP) is 2.46. The molecule has 1 heterocycles. The molecule has 2 aromatic rings. The van der Waals surface area contributed by atoms with Crippen molar-refractivity contribution in [2.45, 2.75) is 24.6 Å². The number of ether oxygens (including phenoxy) is 1. The number of fused-ring (bicyclic) bond motifs is 1. The summed E-state index contributed by atoms with van der Waals surface area (Å²) in [5.41, 5.74) is 0.811. The maximum Gasteiger partial charge on any atom is 0.326 e. The molecule has 20 heavy (non-hydrogen) atoms. The highest BCUT2D eigenvalue weighted by Gasteiger charge is 2.34. The van der Waals surface area contributed by atoms with Crippen LogP contribution in [0.2, 0.25) is 0 Å². The Morgan fingerprint density at radius 1 is 1.50 bits per heavy atom. The molecule has 0 aliphatic rings. The number of benzene rings is 1. The van der Waals surface area contributed by atoms with Crippen molar-refractivity contribution < 1.29 is 13.9 Å². The third-order valence-corrected chi connectivity index (χ3v) is 4.10. The maximum atomic E-state index is 11.9. The lowest BCUT2D eigenvalue weighted by Crippen LogP contribution is -2.52. The summed E-state index contributed by atoms with van der Waals surface area (Å²) in [5.74, 6) is 0.198. The zero-order valence-corrected chi connectivity index (χ0v) is 12.6. The Balaban J connectivity index is 2.10. The number of likely N-dealkylation sites (N-methyl/N-ethyl adjacent to an activating group) is 1. The summed E-state index contributed by atoms with van der Waals surface area (Å²) in [6.45, 7) is 4.45. The number of rotatable bonds is 6. The number of nitrogens with zero attached hydrogens (tertiary/aromatic N) is 1. The van der Waals surface area contributed by atoms with E-state index >= 15 is 0 Å². The number of para-hydroxylation sites is 2. The summed E-state index contributed by atoms with van der Waals surface area (Å²) >= 11 is 1.40. The van der Waals surface area contributed by atoms with Crippen LogP contribution in [0.1, 0.15) is 13.8 Å². The molecule has 108 valence electrons. The van der Waals surface area contributed by atoms with Gasteiger partial charge in [0, 0.05) is 5.75 Å². The number of nitrogens with one attached hydrogen (secondary N) is 1. The normalized spacial score (nSPS) is 14.2. The number of aromatic nitrogens is 1. The van der Waals surface area contributed by atoms with Gasteiger partial charge in [-0.25, -0.2) is 4.98 Å². The van der Waals surface area contributed by atoms with Crippen LogP contribution in [0, 0.1) is 0 Å². The second-order valence-corrected chi connectivity index (χ2v) is 5.52. The Hall–Kier alpha value is -1.53. The minimum Gasteiger partial charge on any atom is -0.468 e. The van der Waals surface area contributed by atoms with E-state index in [1.165, 1.54) is 18.9 Å². The van der Waals surface area contributed by atoms with E-state index < -0.39 is 5.54 Å². The molecular formula is C14H18N2O3S. The fourth-order valence-corrected chi connectivity index (χ4v) is 2.86. The summed E-state index contributed by atoms with van der Waals surface area (Å²) in [5, 5.41) is 3.70. The van der Waals surface area contributed by atoms with Gasteiger partial charge in [-0.15, -0.1) is 0 Å². The van der Waals surface area contributed by atoms with Gasteiger partial charge in [0.05, 0.1) is 7.11 Å². The zero-order chi connectivity index (χ0) is 14.6. The molecule has 1 aromatic heterocycles. The quantitative estimate of drug-likeness (QED) is 0.652. The fraction of sp³-hybridized carbons (Fsp3) is 0.429. The Morgan fingerprint density at radius 2 is 2.25 bits per heavy atom. The first-order chi connectivity index (χ1) is 9.59. The van der Waals surface area contributed by atoms with Gasteiger partial charge in [-0.1, -0.05) is 30.8 Å². The lowest BCUT2D eigenvalue weighted by Gasteiger charge is -2.26. The molecule has 0 saturated carbocycles. The molecule has 0 spiro atoms. The van der Waals surface area contributed by atoms with Crippen LogP contribution in [0.25, 0.3) is 11.1 Å². The summed E-state index contributed by atoms with van der Waals surface area (Å²) in [7, 11) is 1.39. The zero-order valence-electron chi connectivity index (χ0n) is 11.8. The van der Waals surface area contributed by atoms with Crippen LogP contribution in [0.3, 0.4) is 0 Å². The van der Waals surface area contributed by atoms with Crippen LogP contribution in [-0.4, -0.2) is 35.9 Å². The first-order valence-electron chi connectivity index (χ1n) is 6.41. The third-order valence-electron chi connectivity index (χ3n) is 2.96. The van der Waals surface area contributed by atoms with E-state index in [0.29, 0.717) is 17.5 Å². The van der Waals surface area contributed by atoms with Gasteiger partial charge in [-0.2, -0.15) is 0 Å². The van der Waals surface area contributed by atoms with Gasteiger partial charge in [0.15, 0.2) is 5.58 Å². The molecule has 6 heteroatoms. The number of hydrogen-bond donors (Lipinski definition) is 1. The fourth-order valence-electron chi connectivity index (χ4n) is 1.92. The molecule has 5 nitrogen and oxygen atoms in total. The van der Waals surface area contributed by atoms with Crippen LogP contribution in [-0.2, 0) is 9.53 Å². The first kappa shape index (κ1) is 14.9. The highest BCUT2D eigenvalue weighted by Crippen LogP contribution is 2.26. The maximum absolute atomic E-state index is 11.9. The Labute approximate surface area is 122 Å². The molecule has 2 rings (SSSR count). The van der Waals surface area contributed by atoms with Crippen LogP contribution < -0.4 is 5.32 Å². The van der Waals surface area contributed by atoms with E-state index in [2.05, 4.69) is 10.3 Å². The van der Waals surface area contributed by atoms with Gasteiger partial charge in [0.25, 0.3) is 5.22 Å². The van der Waals surface area contributed by atoms with Crippen molar-refractivity contribution in [2.75, 3.05) is 19.4 Å². The minimum absolute atomic E-state index is 0.289. The van der Waals surface area contributed by atoms with Crippen molar-refractivity contribution in [1.29, 1.82) is 0 Å². The Morgan fingerprint density at radius 3 is 2.90 bits per heavy atom. The molecule has 1 unspecified atom stereocenters. The molecule has 0 radical (unpaired) electrons. The largest absolute Gasteiger partial charge is 0.468 e. The number of oxazole rings is 1. The molecule has 1 aromatic carbocycles. The molecule has 0 aliphatic carbocycles. The SMILES string of the molecule is CCNC(C)(CSc1nc2ccccc2o1)C(=O)OC. The van der Waals surface area contributed by atoms with Gasteiger partial charge in [0.1, 0.15) is 11.1 Å². The molecule has 0 aliphatic heterocycles. The highest BCUT2D eigenvalue weighted by molar-refractivity contribution is 7.99. The lowest BCUT2D eigenvalue weighted by atomic mass is 10.1. The summed E-state index contributed by atoms with van der Waals surface area (Å²) in [6, 6.07) is 7.58. The van der Waals surface area contributed by atoms with Gasteiger partial charge in [0.2, 0.25) is 0 Å². The third kappa shape index (κ3) is 3.13. The van der Waals surface area contributed by atoms with Crippen molar-refractivity contribution in [1.82, 2.24) is 10.3 Å². The number of thioether (sulfide) groups is 1. The van der Waals surface area contributed by atoms with Gasteiger partial charge in [-0.3, -0.25) is 4.79 Å². The van der Waals surface area contributed by atoms with Crippen molar-refractivity contribution in [3.63, 3.8) is 0 Å². The Kier molecular flexibility index (Phi) is 4.67. The van der Waals surface area contributed by atoms with Crippen LogP contribution in [0.5, 0.6) is 0 Å². The summed E-state index contributed by atoms with van der Waals surface area (Å²) < 4.78 is 10.5. The highest BCUT2D eigenvalue weighted by atomic mass is 32.2. The number of methoxy groups -OCH3 is 1. The lowest BCUT2D eigenvalue weighted by molar-refractivity contribution is -0.146. The van der Waals surface area contributed by atoms with Crippen molar-refractivity contribution in [2.24, 2.45) is 0 Å². The minimum atomic E-state index is -0.755. The summed E-state index contributed by atoms with van der Waals surface area (Å²) in [4.78, 5) is 16.2.